The van der Waals surface area contributed by atoms with E-state index >= 15 is 0 Å². The lowest BCUT2D eigenvalue weighted by Crippen LogP contribution is -2.12. The van der Waals surface area contributed by atoms with Crippen LogP contribution in [0.3, 0.4) is 0 Å². The molecule has 0 aliphatic heterocycles. The van der Waals surface area contributed by atoms with Gasteiger partial charge in [-0.05, 0) is 31.6 Å². The predicted molar refractivity (Wildman–Crippen MR) is 69.6 cm³/mol. The summed E-state index contributed by atoms with van der Waals surface area (Å²) in [5.41, 5.74) is 0.560. The van der Waals surface area contributed by atoms with Crippen molar-refractivity contribution in [2.75, 3.05) is 0 Å². The van der Waals surface area contributed by atoms with Gasteiger partial charge in [-0.3, -0.25) is 0 Å². The first-order chi connectivity index (χ1) is 7.21. The lowest BCUT2D eigenvalue weighted by Gasteiger charge is -2.17. The van der Waals surface area contributed by atoms with Gasteiger partial charge in [0.05, 0.1) is 0 Å². The van der Waals surface area contributed by atoms with Crippen LogP contribution in [0.25, 0.3) is 0 Å². The molecule has 1 aliphatic carbocycles. The number of unbranched alkanes of at least 4 members (excludes halogenated alkanes) is 6. The zero-order valence-electron chi connectivity index (χ0n) is 10.5. The molecule has 0 spiro atoms. The average molecular weight is 231 g/mol. The lowest BCUT2D eigenvalue weighted by molar-refractivity contribution is 0.424. The Balaban J connectivity index is 1.89. The number of hydrogen-bond donors (Lipinski definition) is 0. The minimum Gasteiger partial charge on any atom is -0.123 e. The highest BCUT2D eigenvalue weighted by Gasteiger charge is 2.45. The Labute approximate surface area is 101 Å². The fourth-order valence-electron chi connectivity index (χ4n) is 2.44. The molecule has 0 aromatic rings. The molecule has 1 unspecified atom stereocenters. The quantitative estimate of drug-likeness (QED) is 0.361. The third-order valence-corrected chi connectivity index (χ3v) is 4.48. The molecule has 15 heavy (non-hydrogen) atoms. The number of halogens is 1. The van der Waals surface area contributed by atoms with Crippen LogP contribution in [0.15, 0.2) is 0 Å². The maximum absolute atomic E-state index is 6.21. The minimum atomic E-state index is 0.401. The minimum absolute atomic E-state index is 0.401. The van der Waals surface area contributed by atoms with Gasteiger partial charge in [0.15, 0.2) is 0 Å². The van der Waals surface area contributed by atoms with Gasteiger partial charge in [-0.25, -0.2) is 0 Å². The van der Waals surface area contributed by atoms with Crippen molar-refractivity contribution in [3.05, 3.63) is 0 Å². The largest absolute Gasteiger partial charge is 0.123 e. The molecule has 1 fully saturated rings. The summed E-state index contributed by atoms with van der Waals surface area (Å²) in [6.45, 7) is 4.45. The highest BCUT2D eigenvalue weighted by molar-refractivity contribution is 6.21. The van der Waals surface area contributed by atoms with Gasteiger partial charge in [-0.1, -0.05) is 51.9 Å². The zero-order chi connectivity index (χ0) is 11.1. The van der Waals surface area contributed by atoms with Crippen LogP contribution in [0.1, 0.15) is 78.1 Å². The number of hydrogen-bond acceptors (Lipinski definition) is 0. The Kier molecular flexibility index (Phi) is 6.04. The van der Waals surface area contributed by atoms with Crippen molar-refractivity contribution >= 4 is 11.6 Å². The van der Waals surface area contributed by atoms with E-state index in [9.17, 15) is 0 Å². The van der Waals surface area contributed by atoms with Gasteiger partial charge in [-0.2, -0.15) is 0 Å². The second-order valence-electron chi connectivity index (χ2n) is 5.35. The maximum atomic E-state index is 6.21. The van der Waals surface area contributed by atoms with Gasteiger partial charge in [-0.15, -0.1) is 11.6 Å². The first-order valence-corrected chi connectivity index (χ1v) is 7.29. The van der Waals surface area contributed by atoms with E-state index in [1.165, 1.54) is 64.2 Å². The van der Waals surface area contributed by atoms with Crippen molar-refractivity contribution in [3.63, 3.8) is 0 Å². The summed E-state index contributed by atoms with van der Waals surface area (Å²) in [6.07, 6.45) is 14.1. The molecule has 0 heterocycles. The van der Waals surface area contributed by atoms with E-state index < -0.39 is 0 Å². The van der Waals surface area contributed by atoms with E-state index in [1.54, 1.807) is 0 Å². The molecule has 0 aromatic heterocycles. The Bertz CT molecular complexity index is 159. The molecule has 1 rings (SSSR count). The van der Waals surface area contributed by atoms with Crippen LogP contribution in [0, 0.1) is 5.41 Å². The van der Waals surface area contributed by atoms with Gasteiger partial charge in [0, 0.05) is 5.38 Å². The van der Waals surface area contributed by atoms with Crippen molar-refractivity contribution in [2.45, 2.75) is 83.4 Å². The van der Waals surface area contributed by atoms with E-state index in [0.29, 0.717) is 10.8 Å². The smallest absolute Gasteiger partial charge is 0.0364 e. The van der Waals surface area contributed by atoms with Crippen molar-refractivity contribution in [1.29, 1.82) is 0 Å². The van der Waals surface area contributed by atoms with Gasteiger partial charge < -0.3 is 0 Å². The first kappa shape index (κ1) is 13.4. The molecule has 1 saturated carbocycles. The van der Waals surface area contributed by atoms with Gasteiger partial charge in [0.2, 0.25) is 0 Å². The van der Waals surface area contributed by atoms with Crippen molar-refractivity contribution in [2.24, 2.45) is 5.41 Å². The summed E-state index contributed by atoms with van der Waals surface area (Å²) in [7, 11) is 0. The molecule has 0 radical (unpaired) electrons. The molecule has 1 atom stereocenters. The zero-order valence-corrected chi connectivity index (χ0v) is 11.3. The Morgan fingerprint density at radius 1 is 1.00 bits per heavy atom. The molecule has 0 bridgehead atoms. The van der Waals surface area contributed by atoms with Crippen LogP contribution < -0.4 is 0 Å². The topological polar surface area (TPSA) is 0 Å². The second-order valence-corrected chi connectivity index (χ2v) is 6.00. The standard InChI is InChI=1S/C14H27Cl/c1-3-4-5-6-7-8-9-10-14(11-12-14)13(2)15/h13H,3-12H2,1-2H3. The highest BCUT2D eigenvalue weighted by atomic mass is 35.5. The maximum Gasteiger partial charge on any atom is 0.0364 e. The lowest BCUT2D eigenvalue weighted by atomic mass is 9.94. The molecule has 0 nitrogen and oxygen atoms in total. The summed E-state index contributed by atoms with van der Waals surface area (Å²) in [4.78, 5) is 0. The van der Waals surface area contributed by atoms with Crippen LogP contribution in [0.2, 0.25) is 0 Å². The van der Waals surface area contributed by atoms with E-state index in [2.05, 4.69) is 13.8 Å². The summed E-state index contributed by atoms with van der Waals surface area (Å²) in [5, 5.41) is 0.401. The van der Waals surface area contributed by atoms with Crippen molar-refractivity contribution in [3.8, 4) is 0 Å². The summed E-state index contributed by atoms with van der Waals surface area (Å²) in [6, 6.07) is 0. The normalized spacial score (nSPS) is 20.2. The van der Waals surface area contributed by atoms with Crippen LogP contribution in [0.5, 0.6) is 0 Å². The van der Waals surface area contributed by atoms with E-state index in [0.717, 1.165) is 0 Å². The van der Waals surface area contributed by atoms with E-state index in [-0.39, 0.29) is 0 Å². The monoisotopic (exact) mass is 230 g/mol. The van der Waals surface area contributed by atoms with E-state index in [4.69, 9.17) is 11.6 Å². The SMILES string of the molecule is CCCCCCCCCC1(C(C)Cl)CC1. The molecular weight excluding hydrogens is 204 g/mol. The van der Waals surface area contributed by atoms with Crippen molar-refractivity contribution in [1.82, 2.24) is 0 Å². The van der Waals surface area contributed by atoms with Crippen LogP contribution in [-0.4, -0.2) is 5.38 Å². The molecule has 0 amide bonds. The summed E-state index contributed by atoms with van der Waals surface area (Å²) < 4.78 is 0. The third kappa shape index (κ3) is 4.76. The molecule has 0 N–H and O–H groups in total. The van der Waals surface area contributed by atoms with Crippen LogP contribution >= 0.6 is 11.6 Å². The Morgan fingerprint density at radius 3 is 2.00 bits per heavy atom. The van der Waals surface area contributed by atoms with Gasteiger partial charge in [0.25, 0.3) is 0 Å². The molecule has 0 aromatic carbocycles. The highest BCUT2D eigenvalue weighted by Crippen LogP contribution is 2.54. The molecular formula is C14H27Cl. The fraction of sp³-hybridized carbons (Fsp3) is 1.00. The fourth-order valence-corrected chi connectivity index (χ4v) is 2.77. The molecule has 0 saturated heterocycles. The first-order valence-electron chi connectivity index (χ1n) is 6.85. The molecule has 90 valence electrons. The molecule has 1 aliphatic rings. The van der Waals surface area contributed by atoms with Crippen molar-refractivity contribution < 1.29 is 0 Å². The van der Waals surface area contributed by atoms with Gasteiger partial charge >= 0.3 is 0 Å². The predicted octanol–water partition coefficient (Wildman–Crippen LogP) is 5.53. The third-order valence-electron chi connectivity index (χ3n) is 4.01. The van der Waals surface area contributed by atoms with Gasteiger partial charge in [0.1, 0.15) is 0 Å². The number of alkyl halides is 1. The average Bonchev–Trinajstić information content (AvgIpc) is 2.98. The summed E-state index contributed by atoms with van der Waals surface area (Å²) >= 11 is 6.21. The van der Waals surface area contributed by atoms with Crippen LogP contribution in [0.4, 0.5) is 0 Å². The van der Waals surface area contributed by atoms with E-state index in [1.807, 2.05) is 0 Å². The number of rotatable bonds is 9. The summed E-state index contributed by atoms with van der Waals surface area (Å²) in [5.74, 6) is 0. The second kappa shape index (κ2) is 6.78. The Morgan fingerprint density at radius 2 is 1.53 bits per heavy atom. The molecule has 1 heteroatoms. The Hall–Kier alpha value is 0.290. The van der Waals surface area contributed by atoms with Crippen LogP contribution in [-0.2, 0) is 0 Å².